The molecule has 1 fully saturated rings. The highest BCUT2D eigenvalue weighted by atomic mass is 32.1. The van der Waals surface area contributed by atoms with E-state index in [9.17, 15) is 14.7 Å². The third kappa shape index (κ3) is 4.95. The predicted molar refractivity (Wildman–Crippen MR) is 117 cm³/mol. The first-order chi connectivity index (χ1) is 14.4. The van der Waals surface area contributed by atoms with E-state index in [1.165, 1.54) is 10.8 Å². The third-order valence-electron chi connectivity index (χ3n) is 5.03. The van der Waals surface area contributed by atoms with Gasteiger partial charge < -0.3 is 14.7 Å². The van der Waals surface area contributed by atoms with Gasteiger partial charge in [-0.15, -0.1) is 0 Å². The fourth-order valence-corrected chi connectivity index (χ4v) is 3.55. The Morgan fingerprint density at radius 2 is 1.93 bits per heavy atom. The Balaban J connectivity index is 1.71. The van der Waals surface area contributed by atoms with Crippen molar-refractivity contribution < 1.29 is 14.6 Å². The number of rotatable bonds is 6. The van der Waals surface area contributed by atoms with Crippen LogP contribution in [0.25, 0.3) is 5.69 Å². The van der Waals surface area contributed by atoms with Crippen molar-refractivity contribution in [1.29, 1.82) is 0 Å². The lowest BCUT2D eigenvalue weighted by atomic mass is 10.2. The number of aliphatic imine (C=N–C) groups is 1. The number of hydrogen-bond acceptors (Lipinski definition) is 7. The fraction of sp³-hybridized carbons (Fsp3) is 0.400. The van der Waals surface area contributed by atoms with Crippen molar-refractivity contribution in [2.24, 2.45) is 4.99 Å². The highest BCUT2D eigenvalue weighted by Crippen LogP contribution is 2.21. The van der Waals surface area contributed by atoms with Gasteiger partial charge in [-0.3, -0.25) is 29.0 Å². The van der Waals surface area contributed by atoms with E-state index in [0.717, 1.165) is 13.1 Å². The van der Waals surface area contributed by atoms with Gasteiger partial charge in [0.2, 0.25) is 11.8 Å². The average molecular weight is 432 g/mol. The van der Waals surface area contributed by atoms with Gasteiger partial charge in [-0.25, -0.2) is 0 Å². The van der Waals surface area contributed by atoms with Crippen LogP contribution in [-0.2, 0) is 4.79 Å². The maximum Gasteiger partial charge on any atom is 0.264 e. The quantitative estimate of drug-likeness (QED) is 0.526. The summed E-state index contributed by atoms with van der Waals surface area (Å²) in [6, 6.07) is 6.94. The molecule has 1 aliphatic heterocycles. The zero-order valence-corrected chi connectivity index (χ0v) is 17.8. The molecule has 1 aliphatic rings. The summed E-state index contributed by atoms with van der Waals surface area (Å²) in [5.74, 6) is 0.491. The summed E-state index contributed by atoms with van der Waals surface area (Å²) >= 11 is 5.22. The maximum atomic E-state index is 12.3. The van der Waals surface area contributed by atoms with Crippen LogP contribution in [0, 0.1) is 4.77 Å². The molecule has 0 aliphatic carbocycles. The van der Waals surface area contributed by atoms with Crippen LogP contribution in [0.4, 0.5) is 0 Å². The van der Waals surface area contributed by atoms with Crippen molar-refractivity contribution in [2.45, 2.75) is 6.92 Å². The third-order valence-corrected chi connectivity index (χ3v) is 5.32. The molecule has 0 spiro atoms. The van der Waals surface area contributed by atoms with Crippen molar-refractivity contribution in [2.75, 3.05) is 46.4 Å². The second-order valence-electron chi connectivity index (χ2n) is 6.91. The summed E-state index contributed by atoms with van der Waals surface area (Å²) in [4.78, 5) is 34.6. The van der Waals surface area contributed by atoms with Crippen molar-refractivity contribution in [3.63, 3.8) is 0 Å². The number of nitrogens with one attached hydrogen (secondary N) is 1. The van der Waals surface area contributed by atoms with E-state index in [2.05, 4.69) is 14.9 Å². The van der Waals surface area contributed by atoms with Crippen molar-refractivity contribution >= 4 is 24.3 Å². The lowest BCUT2D eigenvalue weighted by molar-refractivity contribution is -0.130. The number of aromatic hydroxyl groups is 1. The molecule has 2 aromatic rings. The van der Waals surface area contributed by atoms with Crippen LogP contribution in [-0.4, -0.2) is 83.0 Å². The molecule has 1 saturated heterocycles. The largest absolute Gasteiger partial charge is 0.497 e. The number of ether oxygens (including phenoxy) is 1. The Hall–Kier alpha value is -2.98. The number of benzene rings is 1. The number of carbonyl (C=O) groups excluding carboxylic acids is 1. The molecule has 1 aromatic carbocycles. The number of aromatic nitrogens is 2. The first-order valence-corrected chi connectivity index (χ1v) is 10.0. The minimum Gasteiger partial charge on any atom is -0.497 e. The van der Waals surface area contributed by atoms with E-state index in [4.69, 9.17) is 17.0 Å². The summed E-state index contributed by atoms with van der Waals surface area (Å²) < 4.78 is 6.60. The summed E-state index contributed by atoms with van der Waals surface area (Å²) in [7, 11) is 1.57. The Kier molecular flexibility index (Phi) is 7.01. The molecule has 30 heavy (non-hydrogen) atoms. The molecule has 0 unspecified atom stereocenters. The van der Waals surface area contributed by atoms with Crippen LogP contribution in [0.5, 0.6) is 11.6 Å². The number of aromatic amines is 1. The molecule has 0 bridgehead atoms. The zero-order valence-electron chi connectivity index (χ0n) is 17.0. The highest BCUT2D eigenvalue weighted by Gasteiger charge is 2.18. The van der Waals surface area contributed by atoms with E-state index >= 15 is 0 Å². The molecule has 3 rings (SSSR count). The van der Waals surface area contributed by atoms with Gasteiger partial charge in [0.15, 0.2) is 4.77 Å². The van der Waals surface area contributed by atoms with Crippen molar-refractivity contribution in [3.8, 4) is 17.3 Å². The molecule has 1 amide bonds. The first kappa shape index (κ1) is 21.7. The molecule has 2 N–H and O–H groups in total. The molecular formula is C20H25N5O4S. The number of hydrogen-bond donors (Lipinski definition) is 2. The molecule has 1 aromatic heterocycles. The molecule has 2 heterocycles. The van der Waals surface area contributed by atoms with Gasteiger partial charge in [0.1, 0.15) is 11.3 Å². The van der Waals surface area contributed by atoms with E-state index in [0.29, 0.717) is 37.6 Å². The molecule has 10 heteroatoms. The molecule has 0 radical (unpaired) electrons. The Morgan fingerprint density at radius 1 is 1.27 bits per heavy atom. The number of H-pyrrole nitrogens is 1. The van der Waals surface area contributed by atoms with Crippen molar-refractivity contribution in [3.05, 3.63) is 45.0 Å². The minimum absolute atomic E-state index is 0.0424. The Morgan fingerprint density at radius 3 is 2.53 bits per heavy atom. The van der Waals surface area contributed by atoms with E-state index in [1.54, 1.807) is 38.3 Å². The monoisotopic (exact) mass is 431 g/mol. The lowest BCUT2D eigenvalue weighted by Gasteiger charge is -2.33. The van der Waals surface area contributed by atoms with Crippen LogP contribution < -0.4 is 10.3 Å². The van der Waals surface area contributed by atoms with Gasteiger partial charge >= 0.3 is 0 Å². The van der Waals surface area contributed by atoms with Gasteiger partial charge in [-0.05, 0) is 36.5 Å². The van der Waals surface area contributed by atoms with Crippen LogP contribution in [0.1, 0.15) is 12.5 Å². The summed E-state index contributed by atoms with van der Waals surface area (Å²) in [5, 5.41) is 10.7. The SMILES string of the molecule is COc1ccc(-n2c(O)c(C=NCCN3CCN(C(C)=O)CC3)c(=O)[nH]c2=S)cc1. The normalized spacial score (nSPS) is 14.9. The smallest absolute Gasteiger partial charge is 0.264 e. The number of amides is 1. The van der Waals surface area contributed by atoms with Gasteiger partial charge in [0.25, 0.3) is 5.56 Å². The number of methoxy groups -OCH3 is 1. The number of nitrogens with zero attached hydrogens (tertiary/aromatic N) is 4. The second kappa shape index (κ2) is 9.68. The van der Waals surface area contributed by atoms with Gasteiger partial charge in [-0.1, -0.05) is 0 Å². The maximum absolute atomic E-state index is 12.3. The number of piperazine rings is 1. The topological polar surface area (TPSA) is 103 Å². The Labute approximate surface area is 179 Å². The van der Waals surface area contributed by atoms with Crippen LogP contribution in [0.15, 0.2) is 34.1 Å². The fourth-order valence-electron chi connectivity index (χ4n) is 3.27. The van der Waals surface area contributed by atoms with E-state index < -0.39 is 5.56 Å². The van der Waals surface area contributed by atoms with Crippen LogP contribution >= 0.6 is 12.2 Å². The summed E-state index contributed by atoms with van der Waals surface area (Å²) in [5.41, 5.74) is 0.134. The second-order valence-corrected chi connectivity index (χ2v) is 7.30. The first-order valence-electron chi connectivity index (χ1n) is 9.61. The average Bonchev–Trinajstić information content (AvgIpc) is 2.73. The molecule has 0 atom stereocenters. The van der Waals surface area contributed by atoms with E-state index in [-0.39, 0.29) is 22.1 Å². The molecular weight excluding hydrogens is 406 g/mol. The highest BCUT2D eigenvalue weighted by molar-refractivity contribution is 7.71. The minimum atomic E-state index is -0.499. The zero-order chi connectivity index (χ0) is 21.7. The standard InChI is InChI=1S/C20H25N5O4S/c1-14(26)24-11-9-23(10-12-24)8-7-21-13-17-18(27)22-20(30)25(19(17)28)15-3-5-16(29-2)6-4-15/h3-6,13,28H,7-12H2,1-2H3,(H,22,27,30). The van der Waals surface area contributed by atoms with Gasteiger partial charge in [-0.2, -0.15) is 0 Å². The van der Waals surface area contributed by atoms with Crippen molar-refractivity contribution in [1.82, 2.24) is 19.4 Å². The molecule has 160 valence electrons. The predicted octanol–water partition coefficient (Wildman–Crippen LogP) is 1.19. The number of carbonyl (C=O) groups is 1. The Bertz CT molecular complexity index is 1040. The van der Waals surface area contributed by atoms with Gasteiger partial charge in [0, 0.05) is 45.9 Å². The lowest BCUT2D eigenvalue weighted by Crippen LogP contribution is -2.48. The summed E-state index contributed by atoms with van der Waals surface area (Å²) in [6.07, 6.45) is 1.37. The summed E-state index contributed by atoms with van der Waals surface area (Å²) in [6.45, 7) is 5.77. The van der Waals surface area contributed by atoms with Crippen LogP contribution in [0.2, 0.25) is 0 Å². The molecule has 9 nitrogen and oxygen atoms in total. The van der Waals surface area contributed by atoms with Gasteiger partial charge in [0.05, 0.1) is 19.3 Å². The molecule has 0 saturated carbocycles. The van der Waals surface area contributed by atoms with E-state index in [1.807, 2.05) is 4.90 Å². The van der Waals surface area contributed by atoms with Crippen LogP contribution in [0.3, 0.4) is 0 Å².